The Morgan fingerprint density at radius 3 is 2.57 bits per heavy atom. The van der Waals surface area contributed by atoms with Crippen molar-refractivity contribution in [2.75, 3.05) is 12.8 Å². The van der Waals surface area contributed by atoms with Crippen molar-refractivity contribution in [3.63, 3.8) is 0 Å². The van der Waals surface area contributed by atoms with Gasteiger partial charge in [0.05, 0.1) is 17.8 Å². The van der Waals surface area contributed by atoms with E-state index in [1.165, 1.54) is 19.6 Å². The summed E-state index contributed by atoms with van der Waals surface area (Å²) in [5, 5.41) is 0.331. The number of halogens is 1. The Labute approximate surface area is 142 Å². The van der Waals surface area contributed by atoms with Crippen molar-refractivity contribution in [3.05, 3.63) is 22.7 Å². The van der Waals surface area contributed by atoms with Crippen LogP contribution < -0.4 is 10.5 Å². The molecule has 2 aliphatic rings. The minimum Gasteiger partial charge on any atom is -0.496 e. The lowest BCUT2D eigenvalue weighted by atomic mass is 9.70. The van der Waals surface area contributed by atoms with Gasteiger partial charge in [0.1, 0.15) is 17.4 Å². The van der Waals surface area contributed by atoms with Crippen LogP contribution in [0.2, 0.25) is 5.02 Å². The summed E-state index contributed by atoms with van der Waals surface area (Å²) in [5.41, 5.74) is 6.70. The van der Waals surface area contributed by atoms with Crippen LogP contribution in [0.1, 0.15) is 50.4 Å². The molecule has 3 rings (SSSR count). The van der Waals surface area contributed by atoms with E-state index in [4.69, 9.17) is 26.8 Å². The highest BCUT2D eigenvalue weighted by molar-refractivity contribution is 6.33. The van der Waals surface area contributed by atoms with Gasteiger partial charge in [-0.2, -0.15) is 0 Å². The normalized spacial score (nSPS) is 31.2. The van der Waals surface area contributed by atoms with E-state index < -0.39 is 5.97 Å². The van der Waals surface area contributed by atoms with Gasteiger partial charge in [0.2, 0.25) is 0 Å². The number of nitrogen functional groups attached to an aromatic ring is 1. The summed E-state index contributed by atoms with van der Waals surface area (Å²) in [6, 6.07) is 3.09. The maximum atomic E-state index is 12.7. The molecule has 4 nitrogen and oxygen atoms in total. The lowest BCUT2D eigenvalue weighted by molar-refractivity contribution is -0.0244. The first-order chi connectivity index (χ1) is 10.7. The van der Waals surface area contributed by atoms with Gasteiger partial charge in [0, 0.05) is 11.5 Å². The van der Waals surface area contributed by atoms with Crippen LogP contribution in [0.5, 0.6) is 5.75 Å². The van der Waals surface area contributed by atoms with Crippen LogP contribution in [0.3, 0.4) is 0 Å². The van der Waals surface area contributed by atoms with Gasteiger partial charge >= 0.3 is 5.97 Å². The Kier molecular flexibility index (Phi) is 3.79. The quantitative estimate of drug-likeness (QED) is 0.659. The molecule has 3 unspecified atom stereocenters. The molecular formula is C18H24ClNO3. The predicted octanol–water partition coefficient (Wildman–Crippen LogP) is 4.30. The van der Waals surface area contributed by atoms with E-state index >= 15 is 0 Å². The number of carbonyl (C=O) groups is 1. The van der Waals surface area contributed by atoms with Gasteiger partial charge in [-0.25, -0.2) is 4.79 Å². The van der Waals surface area contributed by atoms with Crippen LogP contribution >= 0.6 is 11.6 Å². The van der Waals surface area contributed by atoms with Crippen molar-refractivity contribution in [2.45, 2.75) is 46.1 Å². The van der Waals surface area contributed by atoms with E-state index in [0.717, 1.165) is 12.8 Å². The molecule has 3 atom stereocenters. The van der Waals surface area contributed by atoms with Crippen molar-refractivity contribution in [3.8, 4) is 5.75 Å². The molecule has 1 aromatic rings. The minimum atomic E-state index is -0.390. The summed E-state index contributed by atoms with van der Waals surface area (Å²) in [7, 11) is 1.50. The molecule has 2 aliphatic carbocycles. The number of methoxy groups -OCH3 is 1. The molecule has 5 heteroatoms. The fraction of sp³-hybridized carbons (Fsp3) is 0.611. The molecule has 0 radical (unpaired) electrons. The monoisotopic (exact) mass is 337 g/mol. The zero-order chi connectivity index (χ0) is 17.0. The standard InChI is InChI=1S/C18H24ClNO3/c1-17(2)10-5-6-18(17,3)15(7-10)23-16(21)11-8-12(19)13(20)9-14(11)22-4/h8-10,15H,5-7,20H2,1-4H3. The van der Waals surface area contributed by atoms with Gasteiger partial charge in [-0.1, -0.05) is 32.4 Å². The number of anilines is 1. The molecular weight excluding hydrogens is 314 g/mol. The number of esters is 1. The summed E-state index contributed by atoms with van der Waals surface area (Å²) < 4.78 is 11.1. The Hall–Kier alpha value is -1.42. The molecule has 0 spiro atoms. The summed E-state index contributed by atoms with van der Waals surface area (Å²) in [5.74, 6) is 0.616. The highest BCUT2D eigenvalue weighted by Crippen LogP contribution is 2.66. The third-order valence-electron chi connectivity index (χ3n) is 6.50. The summed E-state index contributed by atoms with van der Waals surface area (Å²) >= 11 is 6.05. The molecule has 2 fully saturated rings. The highest BCUT2D eigenvalue weighted by atomic mass is 35.5. The van der Waals surface area contributed by atoms with Crippen molar-refractivity contribution in [1.29, 1.82) is 0 Å². The Morgan fingerprint density at radius 1 is 1.35 bits per heavy atom. The van der Waals surface area contributed by atoms with Crippen molar-refractivity contribution in [2.24, 2.45) is 16.7 Å². The van der Waals surface area contributed by atoms with Gasteiger partial charge < -0.3 is 15.2 Å². The second-order valence-electron chi connectivity index (χ2n) is 7.58. The predicted molar refractivity (Wildman–Crippen MR) is 90.8 cm³/mol. The van der Waals surface area contributed by atoms with E-state index in [9.17, 15) is 4.79 Å². The van der Waals surface area contributed by atoms with E-state index in [-0.39, 0.29) is 16.9 Å². The van der Waals surface area contributed by atoms with Gasteiger partial charge in [0.15, 0.2) is 0 Å². The van der Waals surface area contributed by atoms with Crippen LogP contribution in [-0.2, 0) is 4.74 Å². The lowest BCUT2D eigenvalue weighted by Crippen LogP contribution is -2.38. The first kappa shape index (κ1) is 16.4. The maximum Gasteiger partial charge on any atom is 0.342 e. The van der Waals surface area contributed by atoms with Crippen molar-refractivity contribution < 1.29 is 14.3 Å². The Bertz CT molecular complexity index is 658. The molecule has 1 aromatic carbocycles. The number of hydrogen-bond donors (Lipinski definition) is 1. The zero-order valence-electron chi connectivity index (χ0n) is 14.1. The maximum absolute atomic E-state index is 12.7. The average Bonchev–Trinajstić information content (AvgIpc) is 2.82. The molecule has 0 aromatic heterocycles. The molecule has 2 saturated carbocycles. The molecule has 0 saturated heterocycles. The van der Waals surface area contributed by atoms with Gasteiger partial charge in [-0.05, 0) is 36.7 Å². The Balaban J connectivity index is 1.85. The SMILES string of the molecule is COc1cc(N)c(Cl)cc1C(=O)OC1CC2CCC1(C)C2(C)C. The van der Waals surface area contributed by atoms with Crippen LogP contribution in [0.15, 0.2) is 12.1 Å². The first-order valence-electron chi connectivity index (χ1n) is 8.04. The topological polar surface area (TPSA) is 61.5 Å². The van der Waals surface area contributed by atoms with Gasteiger partial charge in [-0.3, -0.25) is 0 Å². The van der Waals surface area contributed by atoms with E-state index in [1.54, 1.807) is 6.07 Å². The molecule has 0 aliphatic heterocycles. The van der Waals surface area contributed by atoms with Crippen LogP contribution in [0.4, 0.5) is 5.69 Å². The number of carbonyl (C=O) groups excluding carboxylic acids is 1. The third kappa shape index (κ3) is 2.30. The second-order valence-corrected chi connectivity index (χ2v) is 7.99. The average molecular weight is 338 g/mol. The fourth-order valence-corrected chi connectivity index (χ4v) is 4.56. The van der Waals surface area contributed by atoms with E-state index in [1.807, 2.05) is 0 Å². The van der Waals surface area contributed by atoms with Gasteiger partial charge in [-0.15, -0.1) is 0 Å². The molecule has 0 amide bonds. The number of fused-ring (bicyclic) bond motifs is 2. The largest absolute Gasteiger partial charge is 0.496 e. The van der Waals surface area contributed by atoms with Crippen LogP contribution in [0, 0.1) is 16.7 Å². The van der Waals surface area contributed by atoms with E-state index in [0.29, 0.717) is 27.9 Å². The van der Waals surface area contributed by atoms with E-state index in [2.05, 4.69) is 20.8 Å². The van der Waals surface area contributed by atoms with Crippen molar-refractivity contribution >= 4 is 23.3 Å². The van der Waals surface area contributed by atoms with Crippen LogP contribution in [0.25, 0.3) is 0 Å². The number of hydrogen-bond acceptors (Lipinski definition) is 4. The zero-order valence-corrected chi connectivity index (χ0v) is 14.9. The summed E-state index contributed by atoms with van der Waals surface area (Å²) in [6.07, 6.45) is 3.18. The summed E-state index contributed by atoms with van der Waals surface area (Å²) in [4.78, 5) is 12.7. The molecule has 126 valence electrons. The molecule has 2 bridgehead atoms. The molecule has 23 heavy (non-hydrogen) atoms. The minimum absolute atomic E-state index is 0.0260. The summed E-state index contributed by atoms with van der Waals surface area (Å²) in [6.45, 7) is 6.82. The second kappa shape index (κ2) is 5.30. The van der Waals surface area contributed by atoms with Gasteiger partial charge in [0.25, 0.3) is 0 Å². The molecule has 0 heterocycles. The third-order valence-corrected chi connectivity index (χ3v) is 6.83. The highest BCUT2D eigenvalue weighted by Gasteiger charge is 2.62. The Morgan fingerprint density at radius 2 is 2.04 bits per heavy atom. The smallest absolute Gasteiger partial charge is 0.342 e. The number of rotatable bonds is 3. The number of ether oxygens (including phenoxy) is 2. The molecule has 2 N–H and O–H groups in total. The van der Waals surface area contributed by atoms with Crippen molar-refractivity contribution in [1.82, 2.24) is 0 Å². The first-order valence-corrected chi connectivity index (χ1v) is 8.42. The number of nitrogens with two attached hydrogens (primary N) is 1. The fourth-order valence-electron chi connectivity index (χ4n) is 4.40. The number of benzene rings is 1. The van der Waals surface area contributed by atoms with Crippen LogP contribution in [-0.4, -0.2) is 19.2 Å². The lowest BCUT2D eigenvalue weighted by Gasteiger charge is -2.38.